The number of benzene rings is 2. The molecular weight excluding hydrogens is 374 g/mol. The minimum atomic E-state index is -0.366. The predicted molar refractivity (Wildman–Crippen MR) is 109 cm³/mol. The Hall–Kier alpha value is -3.19. The number of rotatable bonds is 6. The molecule has 1 amide bonds. The van der Waals surface area contributed by atoms with E-state index in [1.54, 1.807) is 0 Å². The molecule has 0 unspecified atom stereocenters. The summed E-state index contributed by atoms with van der Waals surface area (Å²) in [6.07, 6.45) is 0. The van der Waals surface area contributed by atoms with Gasteiger partial charge in [-0.25, -0.2) is 0 Å². The highest BCUT2D eigenvalue weighted by Crippen LogP contribution is 2.29. The fourth-order valence-electron chi connectivity index (χ4n) is 2.77. The molecule has 7 heteroatoms. The van der Waals surface area contributed by atoms with Crippen molar-refractivity contribution < 1.29 is 13.9 Å². The van der Waals surface area contributed by atoms with Crippen LogP contribution in [0.3, 0.4) is 0 Å². The molecule has 0 spiro atoms. The molecule has 2 heterocycles. The lowest BCUT2D eigenvalue weighted by molar-refractivity contribution is 0.0995. The third kappa shape index (κ3) is 3.75. The van der Waals surface area contributed by atoms with E-state index in [0.717, 1.165) is 16.1 Å². The molecule has 142 valence electrons. The topological polar surface area (TPSA) is 77.3 Å². The van der Waals surface area contributed by atoms with E-state index in [2.05, 4.69) is 15.5 Å². The number of carbonyl (C=O) groups excluding carboxylic acids is 1. The quantitative estimate of drug-likeness (QED) is 0.485. The molecule has 0 saturated heterocycles. The summed E-state index contributed by atoms with van der Waals surface area (Å²) in [5.41, 5.74) is 1.34. The minimum Gasteiger partial charge on any atom is -0.489 e. The van der Waals surface area contributed by atoms with Gasteiger partial charge in [-0.1, -0.05) is 61.6 Å². The van der Waals surface area contributed by atoms with Crippen molar-refractivity contribution in [2.24, 2.45) is 0 Å². The maximum absolute atomic E-state index is 12.9. The standard InChI is InChI=1S/C21H19N3O3S/c1-13(2)20-23-24-21(28-20)22-19(25)18-16(12-26-14-8-4-3-5-9-14)15-10-6-7-11-17(15)27-18/h3-11,13H,12H2,1-2H3,(H,22,24,25). The number of furan rings is 1. The van der Waals surface area contributed by atoms with E-state index in [9.17, 15) is 4.79 Å². The zero-order chi connectivity index (χ0) is 19.5. The Morgan fingerprint density at radius 3 is 2.61 bits per heavy atom. The number of nitrogens with one attached hydrogen (secondary N) is 1. The van der Waals surface area contributed by atoms with Crippen LogP contribution in [0.5, 0.6) is 5.75 Å². The molecule has 0 radical (unpaired) electrons. The summed E-state index contributed by atoms with van der Waals surface area (Å²) in [6.45, 7) is 4.28. The maximum Gasteiger partial charge on any atom is 0.293 e. The van der Waals surface area contributed by atoms with E-state index < -0.39 is 0 Å². The van der Waals surface area contributed by atoms with E-state index in [1.807, 2.05) is 68.4 Å². The Bertz CT molecular complexity index is 1100. The first-order valence-electron chi connectivity index (χ1n) is 8.95. The van der Waals surface area contributed by atoms with Crippen molar-refractivity contribution in [2.45, 2.75) is 26.4 Å². The van der Waals surface area contributed by atoms with E-state index >= 15 is 0 Å². The van der Waals surface area contributed by atoms with Crippen LogP contribution in [0.4, 0.5) is 5.13 Å². The summed E-state index contributed by atoms with van der Waals surface area (Å²) in [6, 6.07) is 17.0. The van der Waals surface area contributed by atoms with Crippen LogP contribution in [0.15, 0.2) is 59.0 Å². The van der Waals surface area contributed by atoms with Crippen LogP contribution in [-0.4, -0.2) is 16.1 Å². The lowest BCUT2D eigenvalue weighted by Crippen LogP contribution is -2.13. The van der Waals surface area contributed by atoms with Gasteiger partial charge in [-0.2, -0.15) is 0 Å². The third-order valence-corrected chi connectivity index (χ3v) is 5.33. The minimum absolute atomic E-state index is 0.219. The highest BCUT2D eigenvalue weighted by molar-refractivity contribution is 7.15. The molecule has 0 fully saturated rings. The Kier molecular flexibility index (Phi) is 5.08. The smallest absolute Gasteiger partial charge is 0.293 e. The Labute approximate surface area is 166 Å². The normalized spacial score (nSPS) is 11.1. The molecule has 0 bridgehead atoms. The van der Waals surface area contributed by atoms with Crippen molar-refractivity contribution >= 4 is 33.3 Å². The van der Waals surface area contributed by atoms with Gasteiger partial charge in [0.2, 0.25) is 5.13 Å². The number of nitrogens with zero attached hydrogens (tertiary/aromatic N) is 2. The molecule has 2 aromatic carbocycles. The van der Waals surface area contributed by atoms with Crippen LogP contribution < -0.4 is 10.1 Å². The highest BCUT2D eigenvalue weighted by atomic mass is 32.1. The van der Waals surface area contributed by atoms with Crippen LogP contribution in [0.2, 0.25) is 0 Å². The lowest BCUT2D eigenvalue weighted by Gasteiger charge is -2.06. The van der Waals surface area contributed by atoms with Crippen molar-refractivity contribution in [1.82, 2.24) is 10.2 Å². The van der Waals surface area contributed by atoms with Gasteiger partial charge in [0.05, 0.1) is 0 Å². The molecule has 2 aromatic heterocycles. The van der Waals surface area contributed by atoms with Crippen molar-refractivity contribution in [3.05, 3.63) is 70.9 Å². The first kappa shape index (κ1) is 18.2. The van der Waals surface area contributed by atoms with Crippen molar-refractivity contribution in [3.8, 4) is 5.75 Å². The zero-order valence-corrected chi connectivity index (χ0v) is 16.3. The second kappa shape index (κ2) is 7.82. The third-order valence-electron chi connectivity index (χ3n) is 4.19. The molecule has 4 rings (SSSR count). The number of hydrogen-bond donors (Lipinski definition) is 1. The molecule has 0 atom stereocenters. The SMILES string of the molecule is CC(C)c1nnc(NC(=O)c2oc3ccccc3c2COc2ccccc2)s1. The average Bonchev–Trinajstić information content (AvgIpc) is 3.32. The van der Waals surface area contributed by atoms with Gasteiger partial charge in [0.15, 0.2) is 5.76 Å². The number of fused-ring (bicyclic) bond motifs is 1. The predicted octanol–water partition coefficient (Wildman–Crippen LogP) is 5.24. The van der Waals surface area contributed by atoms with Crippen LogP contribution in [-0.2, 0) is 6.61 Å². The van der Waals surface area contributed by atoms with Gasteiger partial charge >= 0.3 is 0 Å². The fraction of sp³-hybridized carbons (Fsp3) is 0.190. The van der Waals surface area contributed by atoms with Gasteiger partial charge < -0.3 is 9.15 Å². The first-order valence-corrected chi connectivity index (χ1v) is 9.76. The van der Waals surface area contributed by atoms with Gasteiger partial charge in [-0.15, -0.1) is 10.2 Å². The van der Waals surface area contributed by atoms with E-state index in [4.69, 9.17) is 9.15 Å². The first-order chi connectivity index (χ1) is 13.6. The molecule has 0 aliphatic rings. The number of anilines is 1. The number of hydrogen-bond acceptors (Lipinski definition) is 6. The Balaban J connectivity index is 1.62. The van der Waals surface area contributed by atoms with Crippen molar-refractivity contribution in [1.29, 1.82) is 0 Å². The molecular formula is C21H19N3O3S. The van der Waals surface area contributed by atoms with Crippen LogP contribution in [0.25, 0.3) is 11.0 Å². The number of amides is 1. The van der Waals surface area contributed by atoms with Crippen molar-refractivity contribution in [3.63, 3.8) is 0 Å². The largest absolute Gasteiger partial charge is 0.489 e. The average molecular weight is 393 g/mol. The molecule has 0 saturated carbocycles. The van der Waals surface area contributed by atoms with E-state index in [1.165, 1.54) is 11.3 Å². The fourth-order valence-corrected chi connectivity index (χ4v) is 3.51. The van der Waals surface area contributed by atoms with Crippen molar-refractivity contribution in [2.75, 3.05) is 5.32 Å². The monoisotopic (exact) mass is 393 g/mol. The van der Waals surface area contributed by atoms with Gasteiger partial charge in [-0.3, -0.25) is 10.1 Å². The Morgan fingerprint density at radius 1 is 1.11 bits per heavy atom. The number of aromatic nitrogens is 2. The van der Waals surface area contributed by atoms with Gasteiger partial charge in [0.1, 0.15) is 22.9 Å². The summed E-state index contributed by atoms with van der Waals surface area (Å²) >= 11 is 1.36. The second-order valence-corrected chi connectivity index (χ2v) is 7.57. The van der Waals surface area contributed by atoms with Gasteiger partial charge in [0.25, 0.3) is 5.91 Å². The Morgan fingerprint density at radius 2 is 1.86 bits per heavy atom. The second-order valence-electron chi connectivity index (χ2n) is 6.56. The number of carbonyl (C=O) groups is 1. The summed E-state index contributed by atoms with van der Waals surface area (Å²) in [5.74, 6) is 0.835. The number of ether oxygens (including phenoxy) is 1. The summed E-state index contributed by atoms with van der Waals surface area (Å²) in [4.78, 5) is 12.9. The van der Waals surface area contributed by atoms with Crippen LogP contribution in [0, 0.1) is 0 Å². The van der Waals surface area contributed by atoms with E-state index in [0.29, 0.717) is 16.3 Å². The molecule has 0 aliphatic carbocycles. The maximum atomic E-state index is 12.9. The summed E-state index contributed by atoms with van der Waals surface area (Å²) in [7, 11) is 0. The van der Waals surface area contributed by atoms with Gasteiger partial charge in [0, 0.05) is 16.9 Å². The number of para-hydroxylation sites is 2. The summed E-state index contributed by atoms with van der Waals surface area (Å²) < 4.78 is 11.7. The van der Waals surface area contributed by atoms with Crippen LogP contribution >= 0.6 is 11.3 Å². The lowest BCUT2D eigenvalue weighted by atomic mass is 10.1. The van der Waals surface area contributed by atoms with Crippen LogP contribution in [0.1, 0.15) is 40.9 Å². The summed E-state index contributed by atoms with van der Waals surface area (Å²) in [5, 5.41) is 13.1. The molecule has 1 N–H and O–H groups in total. The van der Waals surface area contributed by atoms with Gasteiger partial charge in [-0.05, 0) is 18.2 Å². The molecule has 0 aliphatic heterocycles. The molecule has 28 heavy (non-hydrogen) atoms. The highest BCUT2D eigenvalue weighted by Gasteiger charge is 2.22. The van der Waals surface area contributed by atoms with E-state index in [-0.39, 0.29) is 24.2 Å². The molecule has 6 nitrogen and oxygen atoms in total. The molecule has 4 aromatic rings. The zero-order valence-electron chi connectivity index (χ0n) is 15.5.